The van der Waals surface area contributed by atoms with Gasteiger partial charge < -0.3 is 20.5 Å². The SMILES string of the molecule is C[C@H](N)C(=O)N1CCC(C(=O)OCc2ccccc2)[C@]1(C(=O)O)C1CCCCCC1. The van der Waals surface area contributed by atoms with Crippen LogP contribution in [0.4, 0.5) is 0 Å². The van der Waals surface area contributed by atoms with E-state index in [-0.39, 0.29) is 25.5 Å². The Kier molecular flexibility index (Phi) is 7.13. The maximum Gasteiger partial charge on any atom is 0.330 e. The van der Waals surface area contributed by atoms with E-state index in [9.17, 15) is 19.5 Å². The molecule has 7 nitrogen and oxygen atoms in total. The lowest BCUT2D eigenvalue weighted by atomic mass is 9.70. The predicted octanol–water partition coefficient (Wildman–Crippen LogP) is 2.72. The molecule has 30 heavy (non-hydrogen) atoms. The summed E-state index contributed by atoms with van der Waals surface area (Å²) in [4.78, 5) is 40.3. The lowest BCUT2D eigenvalue weighted by Gasteiger charge is -2.44. The standard InChI is InChI=1S/C23H32N2O5/c1-16(24)20(26)25-14-13-19(21(27)30-15-17-9-5-4-6-10-17)23(25,22(28)29)18-11-7-2-3-8-12-18/h4-6,9-10,16,18-19H,2-3,7-8,11-15,24H2,1H3,(H,28,29)/t16-,19?,23-/m0/s1. The van der Waals surface area contributed by atoms with Crippen molar-refractivity contribution in [1.29, 1.82) is 0 Å². The Bertz CT molecular complexity index is 758. The van der Waals surface area contributed by atoms with Crippen molar-refractivity contribution in [3.63, 3.8) is 0 Å². The number of benzene rings is 1. The van der Waals surface area contributed by atoms with Crippen molar-refractivity contribution in [3.05, 3.63) is 35.9 Å². The maximum atomic E-state index is 13.2. The number of carboxylic acid groups (broad SMARTS) is 1. The first-order valence-corrected chi connectivity index (χ1v) is 10.9. The summed E-state index contributed by atoms with van der Waals surface area (Å²) in [6.07, 6.45) is 5.49. The van der Waals surface area contributed by atoms with Gasteiger partial charge >= 0.3 is 11.9 Å². The molecule has 1 aromatic carbocycles. The van der Waals surface area contributed by atoms with Crippen LogP contribution in [0.5, 0.6) is 0 Å². The molecule has 3 N–H and O–H groups in total. The molecule has 1 saturated heterocycles. The summed E-state index contributed by atoms with van der Waals surface area (Å²) in [6.45, 7) is 1.84. The van der Waals surface area contributed by atoms with Crippen LogP contribution in [0.15, 0.2) is 30.3 Å². The Labute approximate surface area is 177 Å². The summed E-state index contributed by atoms with van der Waals surface area (Å²) in [5.41, 5.74) is 5.09. The van der Waals surface area contributed by atoms with Crippen LogP contribution in [0.2, 0.25) is 0 Å². The highest BCUT2D eigenvalue weighted by Gasteiger charge is 2.63. The minimum atomic E-state index is -1.59. The summed E-state index contributed by atoms with van der Waals surface area (Å²) in [6, 6.07) is 8.46. The van der Waals surface area contributed by atoms with E-state index in [4.69, 9.17) is 10.5 Å². The number of amides is 1. The molecule has 1 heterocycles. The Balaban J connectivity index is 1.93. The highest BCUT2D eigenvalue weighted by atomic mass is 16.5. The zero-order valence-electron chi connectivity index (χ0n) is 17.6. The van der Waals surface area contributed by atoms with Crippen LogP contribution in [0, 0.1) is 11.8 Å². The second kappa shape index (κ2) is 9.60. The number of esters is 1. The molecule has 1 amide bonds. The van der Waals surface area contributed by atoms with E-state index in [1.165, 1.54) is 4.90 Å². The first-order chi connectivity index (χ1) is 14.4. The third-order valence-electron chi connectivity index (χ3n) is 6.60. The second-order valence-electron chi connectivity index (χ2n) is 8.53. The van der Waals surface area contributed by atoms with Crippen molar-refractivity contribution in [1.82, 2.24) is 4.90 Å². The minimum absolute atomic E-state index is 0.0811. The zero-order valence-corrected chi connectivity index (χ0v) is 17.6. The molecule has 7 heteroatoms. The number of hydrogen-bond donors (Lipinski definition) is 2. The number of carboxylic acids is 1. The molecule has 1 aliphatic carbocycles. The molecule has 164 valence electrons. The monoisotopic (exact) mass is 416 g/mol. The van der Waals surface area contributed by atoms with Crippen LogP contribution in [-0.2, 0) is 25.7 Å². The van der Waals surface area contributed by atoms with Gasteiger partial charge in [-0.3, -0.25) is 9.59 Å². The van der Waals surface area contributed by atoms with Crippen LogP contribution < -0.4 is 5.73 Å². The number of carbonyl (C=O) groups excluding carboxylic acids is 2. The fourth-order valence-corrected chi connectivity index (χ4v) is 5.18. The predicted molar refractivity (Wildman–Crippen MR) is 111 cm³/mol. The van der Waals surface area contributed by atoms with Gasteiger partial charge in [0.1, 0.15) is 6.61 Å². The molecule has 1 unspecified atom stereocenters. The number of aliphatic carboxylic acids is 1. The highest BCUT2D eigenvalue weighted by molar-refractivity contribution is 5.95. The number of hydrogen-bond acceptors (Lipinski definition) is 5. The van der Waals surface area contributed by atoms with Gasteiger partial charge in [-0.05, 0) is 37.7 Å². The number of likely N-dealkylation sites (tertiary alicyclic amines) is 1. The van der Waals surface area contributed by atoms with E-state index < -0.39 is 35.3 Å². The van der Waals surface area contributed by atoms with Gasteiger partial charge in [0.15, 0.2) is 5.54 Å². The molecular weight excluding hydrogens is 384 g/mol. The van der Waals surface area contributed by atoms with Crippen molar-refractivity contribution in [2.75, 3.05) is 6.54 Å². The molecule has 0 radical (unpaired) electrons. The smallest absolute Gasteiger partial charge is 0.330 e. The number of nitrogens with zero attached hydrogens (tertiary/aromatic N) is 1. The van der Waals surface area contributed by atoms with Crippen LogP contribution >= 0.6 is 0 Å². The van der Waals surface area contributed by atoms with E-state index >= 15 is 0 Å². The van der Waals surface area contributed by atoms with Gasteiger partial charge in [0.2, 0.25) is 5.91 Å². The normalized spacial score (nSPS) is 26.1. The van der Waals surface area contributed by atoms with Gasteiger partial charge in [-0.25, -0.2) is 4.79 Å². The number of carbonyl (C=O) groups is 3. The molecule has 2 fully saturated rings. The van der Waals surface area contributed by atoms with Crippen molar-refractivity contribution in [2.24, 2.45) is 17.6 Å². The Morgan fingerprint density at radius 1 is 1.13 bits per heavy atom. The third kappa shape index (κ3) is 4.21. The molecule has 3 atom stereocenters. The molecular formula is C23H32N2O5. The van der Waals surface area contributed by atoms with Gasteiger partial charge in [0.05, 0.1) is 12.0 Å². The summed E-state index contributed by atoms with van der Waals surface area (Å²) in [5.74, 6) is -3.28. The van der Waals surface area contributed by atoms with Crippen molar-refractivity contribution in [3.8, 4) is 0 Å². The second-order valence-corrected chi connectivity index (χ2v) is 8.53. The van der Waals surface area contributed by atoms with Crippen molar-refractivity contribution < 1.29 is 24.2 Å². The van der Waals surface area contributed by atoms with E-state index in [1.54, 1.807) is 6.92 Å². The van der Waals surface area contributed by atoms with Crippen LogP contribution in [0.3, 0.4) is 0 Å². The Morgan fingerprint density at radius 3 is 2.33 bits per heavy atom. The van der Waals surface area contributed by atoms with E-state index in [0.29, 0.717) is 12.8 Å². The lowest BCUT2D eigenvalue weighted by Crippen LogP contribution is -2.64. The topological polar surface area (TPSA) is 110 Å². The van der Waals surface area contributed by atoms with E-state index in [1.807, 2.05) is 30.3 Å². The maximum absolute atomic E-state index is 13.2. The highest BCUT2D eigenvalue weighted by Crippen LogP contribution is 2.47. The first-order valence-electron chi connectivity index (χ1n) is 10.9. The lowest BCUT2D eigenvalue weighted by molar-refractivity contribution is -0.173. The summed E-state index contributed by atoms with van der Waals surface area (Å²) in [7, 11) is 0. The first kappa shape index (κ1) is 22.3. The Morgan fingerprint density at radius 2 is 1.77 bits per heavy atom. The largest absolute Gasteiger partial charge is 0.479 e. The van der Waals surface area contributed by atoms with Crippen LogP contribution in [-0.4, -0.2) is 46.0 Å². The molecule has 0 spiro atoms. The molecule has 1 saturated carbocycles. The van der Waals surface area contributed by atoms with E-state index in [2.05, 4.69) is 0 Å². The molecule has 1 aliphatic heterocycles. The summed E-state index contributed by atoms with van der Waals surface area (Å²) in [5, 5.41) is 10.5. The average molecular weight is 417 g/mol. The van der Waals surface area contributed by atoms with E-state index in [0.717, 1.165) is 31.2 Å². The molecule has 0 bridgehead atoms. The quantitative estimate of drug-likeness (QED) is 0.545. The minimum Gasteiger partial charge on any atom is -0.479 e. The van der Waals surface area contributed by atoms with Gasteiger partial charge in [-0.15, -0.1) is 0 Å². The average Bonchev–Trinajstić information content (AvgIpc) is 2.93. The van der Waals surface area contributed by atoms with Crippen LogP contribution in [0.1, 0.15) is 57.4 Å². The molecule has 2 aliphatic rings. The molecule has 1 aromatic rings. The molecule has 3 rings (SSSR count). The van der Waals surface area contributed by atoms with Gasteiger partial charge in [0, 0.05) is 6.54 Å². The fourth-order valence-electron chi connectivity index (χ4n) is 5.18. The summed E-state index contributed by atoms with van der Waals surface area (Å²) < 4.78 is 5.56. The van der Waals surface area contributed by atoms with Gasteiger partial charge in [-0.1, -0.05) is 56.0 Å². The van der Waals surface area contributed by atoms with Gasteiger partial charge in [-0.2, -0.15) is 0 Å². The molecule has 0 aromatic heterocycles. The third-order valence-corrected chi connectivity index (χ3v) is 6.60. The number of rotatable bonds is 6. The Hall–Kier alpha value is -2.41. The van der Waals surface area contributed by atoms with Gasteiger partial charge in [0.25, 0.3) is 0 Å². The zero-order chi connectivity index (χ0) is 21.7. The number of ether oxygens (including phenoxy) is 1. The number of nitrogens with two attached hydrogens (primary N) is 1. The van der Waals surface area contributed by atoms with Crippen LogP contribution in [0.25, 0.3) is 0 Å². The van der Waals surface area contributed by atoms with Crippen molar-refractivity contribution >= 4 is 17.8 Å². The summed E-state index contributed by atoms with van der Waals surface area (Å²) >= 11 is 0. The fraction of sp³-hybridized carbons (Fsp3) is 0.609. The van der Waals surface area contributed by atoms with Crippen molar-refractivity contribution in [2.45, 2.75) is 70.1 Å².